The molecule has 0 saturated carbocycles. The topological polar surface area (TPSA) is 148 Å². The molecule has 0 amide bonds. The van der Waals surface area contributed by atoms with Crippen molar-refractivity contribution in [2.45, 2.75) is 13.5 Å². The Kier molecular flexibility index (Phi) is 5.14. The highest BCUT2D eigenvalue weighted by Crippen LogP contribution is 2.03. The van der Waals surface area contributed by atoms with Crippen molar-refractivity contribution in [3.63, 3.8) is 0 Å². The Labute approximate surface area is 140 Å². The summed E-state index contributed by atoms with van der Waals surface area (Å²) in [7, 11) is 0. The zero-order chi connectivity index (χ0) is 18.6. The smallest absolute Gasteiger partial charge is 0.328 e. The number of ether oxygens (including phenoxy) is 1. The van der Waals surface area contributed by atoms with Crippen LogP contribution in [0.1, 0.15) is 6.92 Å². The lowest BCUT2D eigenvalue weighted by atomic mass is 10.1. The van der Waals surface area contributed by atoms with Crippen LogP contribution in [-0.2, 0) is 20.9 Å². The van der Waals surface area contributed by atoms with E-state index in [1.807, 2.05) is 0 Å². The molecule has 9 nitrogen and oxygen atoms in total. The number of fused-ring (bicyclic) bond motifs is 1. The zero-order valence-electron chi connectivity index (χ0n) is 13.2. The molecule has 25 heavy (non-hydrogen) atoms. The summed E-state index contributed by atoms with van der Waals surface area (Å²) < 4.78 is 5.53. The summed E-state index contributed by atoms with van der Waals surface area (Å²) in [6, 6.07) is 7.78. The maximum absolute atomic E-state index is 12.2. The maximum Gasteiger partial charge on any atom is 0.328 e. The van der Waals surface area contributed by atoms with E-state index in [1.54, 1.807) is 18.2 Å². The number of benzene rings is 1. The van der Waals surface area contributed by atoms with Crippen molar-refractivity contribution < 1.29 is 14.3 Å². The van der Waals surface area contributed by atoms with Gasteiger partial charge < -0.3 is 10.5 Å². The summed E-state index contributed by atoms with van der Waals surface area (Å²) in [4.78, 5) is 47.7. The highest BCUT2D eigenvalue weighted by atomic mass is 16.5. The number of esters is 1. The number of nitrogens with two attached hydrogens (primary N) is 1. The molecule has 0 aliphatic carbocycles. The van der Waals surface area contributed by atoms with E-state index in [9.17, 15) is 19.2 Å². The molecule has 2 rings (SSSR count). The summed E-state index contributed by atoms with van der Waals surface area (Å²) in [6.07, 6.45) is 0. The van der Waals surface area contributed by atoms with E-state index in [4.69, 9.17) is 15.7 Å². The molecule has 1 heterocycles. The van der Waals surface area contributed by atoms with E-state index in [2.05, 4.69) is 5.10 Å². The molecule has 0 bridgehead atoms. The number of Topliss-reactive ketones (excluding diaryl/α,β-unsaturated/α-hetero) is 1. The third-order valence-electron chi connectivity index (χ3n) is 3.32. The minimum absolute atomic E-state index is 0.0126. The normalized spacial score (nSPS) is 11.5. The van der Waals surface area contributed by atoms with Crippen LogP contribution in [0.15, 0.2) is 45.1 Å². The van der Waals surface area contributed by atoms with Crippen LogP contribution < -0.4 is 16.9 Å². The molecule has 1 aromatic heterocycles. The van der Waals surface area contributed by atoms with Gasteiger partial charge in [0.05, 0.1) is 10.8 Å². The van der Waals surface area contributed by atoms with E-state index in [1.165, 1.54) is 19.1 Å². The van der Waals surface area contributed by atoms with Crippen LogP contribution in [0.3, 0.4) is 0 Å². The fourth-order valence-electron chi connectivity index (χ4n) is 2.12. The lowest BCUT2D eigenvalue weighted by molar-refractivity contribution is -0.147. The van der Waals surface area contributed by atoms with Crippen molar-refractivity contribution in [3.8, 4) is 6.07 Å². The van der Waals surface area contributed by atoms with Crippen molar-refractivity contribution in [2.24, 2.45) is 5.73 Å². The second kappa shape index (κ2) is 7.27. The van der Waals surface area contributed by atoms with Crippen LogP contribution >= 0.6 is 0 Å². The molecule has 2 aromatic rings. The van der Waals surface area contributed by atoms with Gasteiger partial charge in [0, 0.05) is 5.70 Å². The van der Waals surface area contributed by atoms with E-state index < -0.39 is 36.0 Å². The Morgan fingerprint density at radius 2 is 1.92 bits per heavy atom. The van der Waals surface area contributed by atoms with Gasteiger partial charge in [-0.25, -0.2) is 4.68 Å². The third kappa shape index (κ3) is 3.81. The van der Waals surface area contributed by atoms with Gasteiger partial charge in [0.25, 0.3) is 11.1 Å². The van der Waals surface area contributed by atoms with Crippen LogP contribution in [0.4, 0.5) is 0 Å². The molecule has 0 saturated heterocycles. The van der Waals surface area contributed by atoms with Crippen molar-refractivity contribution in [3.05, 3.63) is 56.2 Å². The largest absolute Gasteiger partial charge is 0.456 e. The van der Waals surface area contributed by atoms with Gasteiger partial charge in [0.2, 0.25) is 5.78 Å². The van der Waals surface area contributed by atoms with Crippen molar-refractivity contribution in [2.75, 3.05) is 6.61 Å². The SMILES string of the molecule is CC(N)=C(C#N)C(=O)COC(=O)Cn1[nH]c(=O)c2ccccc2c1=O. The first-order valence-electron chi connectivity index (χ1n) is 7.12. The van der Waals surface area contributed by atoms with E-state index in [-0.39, 0.29) is 22.0 Å². The van der Waals surface area contributed by atoms with E-state index in [0.717, 1.165) is 4.68 Å². The Balaban J connectivity index is 2.16. The number of aromatic amines is 1. The number of carbonyl (C=O) groups is 2. The number of aromatic nitrogens is 2. The average Bonchev–Trinajstić information content (AvgIpc) is 2.58. The van der Waals surface area contributed by atoms with E-state index in [0.29, 0.717) is 0 Å². The Bertz CT molecular complexity index is 1030. The number of nitriles is 1. The summed E-state index contributed by atoms with van der Waals surface area (Å²) in [5, 5.41) is 11.4. The molecule has 128 valence electrons. The molecular formula is C16H14N4O5. The lowest BCUT2D eigenvalue weighted by Crippen LogP contribution is -2.33. The average molecular weight is 342 g/mol. The van der Waals surface area contributed by atoms with Crippen LogP contribution in [0, 0.1) is 11.3 Å². The minimum Gasteiger partial charge on any atom is -0.456 e. The number of allylic oxidation sites excluding steroid dienone is 1. The molecule has 0 spiro atoms. The van der Waals surface area contributed by atoms with Crippen LogP contribution in [0.25, 0.3) is 10.8 Å². The zero-order valence-corrected chi connectivity index (χ0v) is 13.2. The Morgan fingerprint density at radius 1 is 1.28 bits per heavy atom. The predicted molar refractivity (Wildman–Crippen MR) is 87.3 cm³/mol. The van der Waals surface area contributed by atoms with Crippen LogP contribution in [-0.4, -0.2) is 28.1 Å². The summed E-state index contributed by atoms with van der Waals surface area (Å²) in [5.41, 5.74) is 3.98. The predicted octanol–water partition coefficient (Wildman–Crippen LogP) is -0.442. The molecular weight excluding hydrogens is 328 g/mol. The fourth-order valence-corrected chi connectivity index (χ4v) is 2.12. The molecule has 9 heteroatoms. The van der Waals surface area contributed by atoms with Gasteiger partial charge in [0.1, 0.15) is 18.2 Å². The summed E-state index contributed by atoms with van der Waals surface area (Å²) in [6.45, 7) is 0.0971. The van der Waals surface area contributed by atoms with Gasteiger partial charge in [-0.15, -0.1) is 0 Å². The maximum atomic E-state index is 12.2. The molecule has 0 fully saturated rings. The number of carbonyl (C=O) groups excluding carboxylic acids is 2. The first-order valence-corrected chi connectivity index (χ1v) is 7.12. The number of hydrogen-bond donors (Lipinski definition) is 2. The molecule has 0 unspecified atom stereocenters. The number of ketones is 1. The molecule has 0 atom stereocenters. The molecule has 3 N–H and O–H groups in total. The quantitative estimate of drug-likeness (QED) is 0.425. The van der Waals surface area contributed by atoms with Gasteiger partial charge in [0.15, 0.2) is 6.61 Å². The van der Waals surface area contributed by atoms with Gasteiger partial charge in [-0.3, -0.25) is 24.3 Å². The van der Waals surface area contributed by atoms with Crippen LogP contribution in [0.5, 0.6) is 0 Å². The standard InChI is InChI=1S/C16H14N4O5/c1-9(18)12(6-17)13(21)8-25-14(22)7-20-16(24)11-5-3-2-4-10(11)15(23)19-20/h2-5H,7-8,18H2,1H3,(H,19,23). The fraction of sp³-hybridized carbons (Fsp3) is 0.188. The van der Waals surface area contributed by atoms with Gasteiger partial charge in [-0.2, -0.15) is 5.26 Å². The second-order valence-corrected chi connectivity index (χ2v) is 5.13. The molecule has 1 aromatic carbocycles. The van der Waals surface area contributed by atoms with Gasteiger partial charge >= 0.3 is 5.97 Å². The minimum atomic E-state index is -0.923. The monoisotopic (exact) mass is 342 g/mol. The highest BCUT2D eigenvalue weighted by Gasteiger charge is 2.16. The molecule has 0 aliphatic rings. The van der Waals surface area contributed by atoms with Crippen molar-refractivity contribution in [1.82, 2.24) is 9.78 Å². The molecule has 0 aliphatic heterocycles. The van der Waals surface area contributed by atoms with Gasteiger partial charge in [-0.05, 0) is 19.1 Å². The summed E-state index contributed by atoms with van der Waals surface area (Å²) in [5.74, 6) is -1.68. The van der Waals surface area contributed by atoms with Crippen LogP contribution in [0.2, 0.25) is 0 Å². The number of rotatable bonds is 5. The van der Waals surface area contributed by atoms with E-state index >= 15 is 0 Å². The van der Waals surface area contributed by atoms with Crippen molar-refractivity contribution >= 4 is 22.5 Å². The molecule has 0 radical (unpaired) electrons. The number of nitrogens with one attached hydrogen (secondary N) is 1. The third-order valence-corrected chi connectivity index (χ3v) is 3.32. The first kappa shape index (κ1) is 17.7. The first-order chi connectivity index (χ1) is 11.8. The van der Waals surface area contributed by atoms with Gasteiger partial charge in [-0.1, -0.05) is 12.1 Å². The number of nitrogens with zero attached hydrogens (tertiary/aromatic N) is 2. The summed E-state index contributed by atoms with van der Waals surface area (Å²) >= 11 is 0. The highest BCUT2D eigenvalue weighted by molar-refractivity contribution is 6.01. The lowest BCUT2D eigenvalue weighted by Gasteiger charge is -2.07. The Hall–Kier alpha value is -3.67. The number of hydrogen-bond acceptors (Lipinski definition) is 7. The second-order valence-electron chi connectivity index (χ2n) is 5.13. The number of H-pyrrole nitrogens is 1. The Morgan fingerprint density at radius 3 is 2.52 bits per heavy atom. The van der Waals surface area contributed by atoms with Crippen molar-refractivity contribution in [1.29, 1.82) is 5.26 Å².